The van der Waals surface area contributed by atoms with E-state index in [4.69, 9.17) is 0 Å². The third kappa shape index (κ3) is 2.48. The number of carbonyl (C=O) groups is 1. The minimum Gasteiger partial charge on any atom is -0.508 e. The number of carbonyl (C=O) groups excluding carboxylic acids is 1. The molecule has 0 aliphatic rings. The highest BCUT2D eigenvalue weighted by Gasteiger charge is 2.06. The molecule has 0 fully saturated rings. The Labute approximate surface area is 103 Å². The molecule has 2 rings (SSSR count). The second kappa shape index (κ2) is 4.87. The summed E-state index contributed by atoms with van der Waals surface area (Å²) in [6.07, 6.45) is 0. The Morgan fingerprint density at radius 2 is 1.78 bits per heavy atom. The van der Waals surface area contributed by atoms with Crippen molar-refractivity contribution >= 4 is 5.97 Å². The van der Waals surface area contributed by atoms with E-state index >= 15 is 0 Å². The van der Waals surface area contributed by atoms with Gasteiger partial charge in [-0.3, -0.25) is 0 Å². The maximum atomic E-state index is 13.1. The summed E-state index contributed by atoms with van der Waals surface area (Å²) < 4.78 is 17.7. The lowest BCUT2D eigenvalue weighted by Crippen LogP contribution is -2.00. The maximum Gasteiger partial charge on any atom is 0.337 e. The molecule has 2 aromatic rings. The summed E-state index contributed by atoms with van der Waals surface area (Å²) in [4.78, 5) is 11.2. The van der Waals surface area contributed by atoms with Gasteiger partial charge in [0.15, 0.2) is 0 Å². The highest BCUT2D eigenvalue weighted by Crippen LogP contribution is 2.25. The summed E-state index contributed by atoms with van der Waals surface area (Å²) in [6, 6.07) is 10.3. The number of benzene rings is 2. The van der Waals surface area contributed by atoms with E-state index in [1.54, 1.807) is 24.3 Å². The second-order valence-electron chi connectivity index (χ2n) is 3.77. The van der Waals surface area contributed by atoms with E-state index in [1.807, 2.05) is 0 Å². The number of halogens is 1. The van der Waals surface area contributed by atoms with E-state index in [9.17, 15) is 14.3 Å². The van der Waals surface area contributed by atoms with Gasteiger partial charge in [-0.15, -0.1) is 0 Å². The molecular weight excluding hydrogens is 235 g/mol. The SMILES string of the molecule is COC(=O)c1ccc(-c2cc(O)cc(F)c2)cc1. The molecule has 0 heterocycles. The van der Waals surface area contributed by atoms with Gasteiger partial charge in [-0.1, -0.05) is 12.1 Å². The Kier molecular flexibility index (Phi) is 3.28. The van der Waals surface area contributed by atoms with Crippen LogP contribution in [0.5, 0.6) is 5.75 Å². The Hall–Kier alpha value is -2.36. The first-order chi connectivity index (χ1) is 8.60. The largest absolute Gasteiger partial charge is 0.508 e. The molecule has 0 atom stereocenters. The Morgan fingerprint density at radius 1 is 1.11 bits per heavy atom. The van der Waals surface area contributed by atoms with Crippen LogP contribution in [0.15, 0.2) is 42.5 Å². The number of hydrogen-bond donors (Lipinski definition) is 1. The Morgan fingerprint density at radius 3 is 2.33 bits per heavy atom. The first-order valence-corrected chi connectivity index (χ1v) is 5.28. The number of phenolic OH excluding ortho intramolecular Hbond substituents is 1. The molecule has 4 heteroatoms. The lowest BCUT2D eigenvalue weighted by atomic mass is 10.0. The van der Waals surface area contributed by atoms with E-state index in [0.29, 0.717) is 16.7 Å². The number of rotatable bonds is 2. The normalized spacial score (nSPS) is 10.1. The number of phenols is 1. The van der Waals surface area contributed by atoms with Gasteiger partial charge in [0.25, 0.3) is 0 Å². The van der Waals surface area contributed by atoms with Gasteiger partial charge in [0.1, 0.15) is 11.6 Å². The number of esters is 1. The summed E-state index contributed by atoms with van der Waals surface area (Å²) in [5.41, 5.74) is 1.67. The number of aromatic hydroxyl groups is 1. The van der Waals surface area contributed by atoms with Crippen molar-refractivity contribution in [3.05, 3.63) is 53.8 Å². The summed E-state index contributed by atoms with van der Waals surface area (Å²) in [5, 5.41) is 9.32. The van der Waals surface area contributed by atoms with Crippen molar-refractivity contribution in [3.63, 3.8) is 0 Å². The van der Waals surface area contributed by atoms with Gasteiger partial charge < -0.3 is 9.84 Å². The smallest absolute Gasteiger partial charge is 0.337 e. The summed E-state index contributed by atoms with van der Waals surface area (Å²) in [7, 11) is 1.31. The predicted molar refractivity (Wildman–Crippen MR) is 64.8 cm³/mol. The molecule has 0 aliphatic heterocycles. The molecule has 0 amide bonds. The topological polar surface area (TPSA) is 46.5 Å². The molecule has 92 valence electrons. The van der Waals surface area contributed by atoms with Gasteiger partial charge in [-0.25, -0.2) is 9.18 Å². The molecule has 3 nitrogen and oxygen atoms in total. The molecular formula is C14H11FO3. The van der Waals surface area contributed by atoms with Crippen molar-refractivity contribution in [2.75, 3.05) is 7.11 Å². The van der Waals surface area contributed by atoms with Crippen molar-refractivity contribution in [1.29, 1.82) is 0 Å². The molecule has 0 saturated carbocycles. The van der Waals surface area contributed by atoms with Gasteiger partial charge in [-0.05, 0) is 35.4 Å². The highest BCUT2D eigenvalue weighted by atomic mass is 19.1. The molecule has 18 heavy (non-hydrogen) atoms. The van der Waals surface area contributed by atoms with Crippen molar-refractivity contribution in [2.45, 2.75) is 0 Å². The van der Waals surface area contributed by atoms with Gasteiger partial charge in [0, 0.05) is 6.07 Å². The minimum atomic E-state index is -0.512. The zero-order valence-electron chi connectivity index (χ0n) is 9.68. The fourth-order valence-corrected chi connectivity index (χ4v) is 1.66. The summed E-state index contributed by atoms with van der Waals surface area (Å²) in [5.74, 6) is -1.08. The van der Waals surface area contributed by atoms with Crippen molar-refractivity contribution in [1.82, 2.24) is 0 Å². The molecule has 0 unspecified atom stereocenters. The van der Waals surface area contributed by atoms with Gasteiger partial charge in [0.2, 0.25) is 0 Å². The van der Waals surface area contributed by atoms with Crippen LogP contribution in [0.1, 0.15) is 10.4 Å². The monoisotopic (exact) mass is 246 g/mol. The average Bonchev–Trinajstić information content (AvgIpc) is 2.37. The second-order valence-corrected chi connectivity index (χ2v) is 3.77. The zero-order valence-corrected chi connectivity index (χ0v) is 9.68. The van der Waals surface area contributed by atoms with Gasteiger partial charge in [0.05, 0.1) is 12.7 Å². The molecule has 0 saturated heterocycles. The fourth-order valence-electron chi connectivity index (χ4n) is 1.66. The lowest BCUT2D eigenvalue weighted by molar-refractivity contribution is 0.0601. The zero-order chi connectivity index (χ0) is 13.1. The van der Waals surface area contributed by atoms with Crippen LogP contribution in [0.4, 0.5) is 4.39 Å². The van der Waals surface area contributed by atoms with Crippen LogP contribution < -0.4 is 0 Å². The first-order valence-electron chi connectivity index (χ1n) is 5.28. The molecule has 0 radical (unpaired) electrons. The molecule has 0 spiro atoms. The van der Waals surface area contributed by atoms with Crippen LogP contribution in [-0.2, 0) is 4.74 Å². The van der Waals surface area contributed by atoms with E-state index < -0.39 is 11.8 Å². The van der Waals surface area contributed by atoms with Crippen LogP contribution in [0, 0.1) is 5.82 Å². The minimum absolute atomic E-state index is 0.137. The van der Waals surface area contributed by atoms with Crippen LogP contribution >= 0.6 is 0 Å². The van der Waals surface area contributed by atoms with Crippen molar-refractivity contribution < 1.29 is 19.0 Å². The van der Waals surface area contributed by atoms with Crippen molar-refractivity contribution in [3.8, 4) is 16.9 Å². The van der Waals surface area contributed by atoms with Crippen LogP contribution in [0.3, 0.4) is 0 Å². The molecule has 1 N–H and O–H groups in total. The van der Waals surface area contributed by atoms with E-state index in [2.05, 4.69) is 4.74 Å². The quantitative estimate of drug-likeness (QED) is 0.828. The number of ether oxygens (including phenoxy) is 1. The third-order valence-corrected chi connectivity index (χ3v) is 2.52. The standard InChI is InChI=1S/C14H11FO3/c1-18-14(17)10-4-2-9(3-5-10)11-6-12(15)8-13(16)7-11/h2-8,16H,1H3. The number of methoxy groups -OCH3 is 1. The fraction of sp³-hybridized carbons (Fsp3) is 0.0714. The molecule has 2 aromatic carbocycles. The summed E-state index contributed by atoms with van der Waals surface area (Å²) >= 11 is 0. The molecule has 0 bridgehead atoms. The van der Waals surface area contributed by atoms with Crippen LogP contribution in [0.25, 0.3) is 11.1 Å². The summed E-state index contributed by atoms with van der Waals surface area (Å²) in [6.45, 7) is 0. The van der Waals surface area contributed by atoms with E-state index in [-0.39, 0.29) is 5.75 Å². The van der Waals surface area contributed by atoms with Crippen LogP contribution in [-0.4, -0.2) is 18.2 Å². The van der Waals surface area contributed by atoms with E-state index in [1.165, 1.54) is 19.2 Å². The maximum absolute atomic E-state index is 13.1. The molecule has 0 aromatic heterocycles. The lowest BCUT2D eigenvalue weighted by Gasteiger charge is -2.04. The Bertz CT molecular complexity index is 556. The Balaban J connectivity index is 2.37. The highest BCUT2D eigenvalue weighted by molar-refractivity contribution is 5.90. The van der Waals surface area contributed by atoms with Gasteiger partial charge >= 0.3 is 5.97 Å². The van der Waals surface area contributed by atoms with Crippen molar-refractivity contribution in [2.24, 2.45) is 0 Å². The van der Waals surface area contributed by atoms with Crippen LogP contribution in [0.2, 0.25) is 0 Å². The van der Waals surface area contributed by atoms with E-state index in [0.717, 1.165) is 6.07 Å². The first kappa shape index (κ1) is 12.1. The van der Waals surface area contributed by atoms with Gasteiger partial charge in [-0.2, -0.15) is 0 Å². The average molecular weight is 246 g/mol. The number of hydrogen-bond acceptors (Lipinski definition) is 3. The predicted octanol–water partition coefficient (Wildman–Crippen LogP) is 2.98. The molecule has 0 aliphatic carbocycles. The third-order valence-electron chi connectivity index (χ3n) is 2.52.